The fourth-order valence-corrected chi connectivity index (χ4v) is 2.28. The van der Waals surface area contributed by atoms with Crippen LogP contribution in [0.15, 0.2) is 30.3 Å². The van der Waals surface area contributed by atoms with Crippen LogP contribution in [0.2, 0.25) is 0 Å². The predicted octanol–water partition coefficient (Wildman–Crippen LogP) is 2.30. The Hall–Kier alpha value is -2.56. The first-order valence-electron chi connectivity index (χ1n) is 6.36. The molecule has 21 heavy (non-hydrogen) atoms. The highest BCUT2D eigenvalue weighted by molar-refractivity contribution is 6.02. The van der Waals surface area contributed by atoms with Gasteiger partial charge in [0.2, 0.25) is 0 Å². The lowest BCUT2D eigenvalue weighted by Gasteiger charge is -2.04. The van der Waals surface area contributed by atoms with Crippen molar-refractivity contribution in [1.82, 2.24) is 0 Å². The fraction of sp³-hybridized carbons (Fsp3) is 0.250. The maximum Gasteiger partial charge on any atom is 0.338 e. The monoisotopic (exact) mass is 288 g/mol. The highest BCUT2D eigenvalue weighted by Crippen LogP contribution is 2.38. The SMILES string of the molecule is COC(=O)Cc1cc2c(OC)ccccc-2c1C(=O)OC. The lowest BCUT2D eigenvalue weighted by Crippen LogP contribution is -2.09. The maximum atomic E-state index is 12.1. The number of ether oxygens (including phenoxy) is 3. The molecule has 0 aliphatic heterocycles. The molecule has 0 amide bonds. The minimum atomic E-state index is -0.489. The number of carbonyl (C=O) groups excluding carboxylic acids is 2. The zero-order chi connectivity index (χ0) is 15.4. The summed E-state index contributed by atoms with van der Waals surface area (Å²) in [5, 5.41) is 0. The molecule has 2 aliphatic rings. The Bertz CT molecular complexity index is 647. The molecule has 0 aromatic heterocycles. The van der Waals surface area contributed by atoms with Gasteiger partial charge in [-0.1, -0.05) is 18.2 Å². The Kier molecular flexibility index (Phi) is 4.42. The molecule has 2 aliphatic carbocycles. The van der Waals surface area contributed by atoms with E-state index in [1.807, 2.05) is 6.07 Å². The van der Waals surface area contributed by atoms with Crippen LogP contribution in [-0.4, -0.2) is 33.3 Å². The van der Waals surface area contributed by atoms with Gasteiger partial charge < -0.3 is 14.2 Å². The Morgan fingerprint density at radius 3 is 2.33 bits per heavy atom. The van der Waals surface area contributed by atoms with Gasteiger partial charge in [-0.2, -0.15) is 0 Å². The Morgan fingerprint density at radius 1 is 1.00 bits per heavy atom. The molecule has 0 aromatic carbocycles. The van der Waals surface area contributed by atoms with E-state index in [0.717, 1.165) is 5.56 Å². The quantitative estimate of drug-likeness (QED) is 0.808. The van der Waals surface area contributed by atoms with Gasteiger partial charge in [-0.05, 0) is 17.7 Å². The van der Waals surface area contributed by atoms with E-state index in [-0.39, 0.29) is 6.42 Å². The average molecular weight is 288 g/mol. The Morgan fingerprint density at radius 2 is 1.71 bits per heavy atom. The lowest BCUT2D eigenvalue weighted by molar-refractivity contribution is -0.139. The van der Waals surface area contributed by atoms with Gasteiger partial charge in [0.15, 0.2) is 0 Å². The number of fused-ring (bicyclic) bond motifs is 1. The van der Waals surface area contributed by atoms with Crippen LogP contribution in [0.1, 0.15) is 15.9 Å². The molecule has 0 aromatic rings. The standard InChI is InChI=1S/C16H16O5/c1-19-13-7-5-4-6-11-12(13)8-10(9-14(17)20-2)15(11)16(18)21-3/h4-8H,9H2,1-3H3. The molecular weight excluding hydrogens is 272 g/mol. The van der Waals surface area contributed by atoms with Crippen LogP contribution in [0.4, 0.5) is 0 Å². The normalized spacial score (nSPS) is 10.2. The van der Waals surface area contributed by atoms with Crippen molar-refractivity contribution >= 4 is 11.9 Å². The second kappa shape index (κ2) is 6.26. The molecule has 5 nitrogen and oxygen atoms in total. The van der Waals surface area contributed by atoms with E-state index >= 15 is 0 Å². The molecule has 2 rings (SSSR count). The minimum Gasteiger partial charge on any atom is -0.496 e. The molecule has 0 fully saturated rings. The summed E-state index contributed by atoms with van der Waals surface area (Å²) in [6, 6.07) is 8.98. The van der Waals surface area contributed by atoms with Crippen molar-refractivity contribution in [2.45, 2.75) is 6.42 Å². The van der Waals surface area contributed by atoms with Crippen LogP contribution in [0.3, 0.4) is 0 Å². The maximum absolute atomic E-state index is 12.1. The zero-order valence-electron chi connectivity index (χ0n) is 12.1. The fourth-order valence-electron chi connectivity index (χ4n) is 2.28. The van der Waals surface area contributed by atoms with E-state index in [1.165, 1.54) is 14.2 Å². The Labute approximate surface area is 122 Å². The molecule has 0 saturated heterocycles. The largest absolute Gasteiger partial charge is 0.496 e. The van der Waals surface area contributed by atoms with Gasteiger partial charge in [-0.3, -0.25) is 4.79 Å². The van der Waals surface area contributed by atoms with Gasteiger partial charge in [0, 0.05) is 11.1 Å². The summed E-state index contributed by atoms with van der Waals surface area (Å²) in [5.41, 5.74) is 2.37. The van der Waals surface area contributed by atoms with Crippen LogP contribution < -0.4 is 4.74 Å². The summed E-state index contributed by atoms with van der Waals surface area (Å²) in [6.45, 7) is 0. The summed E-state index contributed by atoms with van der Waals surface area (Å²) in [6.07, 6.45) is 0.00246. The van der Waals surface area contributed by atoms with Crippen LogP contribution in [0, 0.1) is 0 Å². The average Bonchev–Trinajstić information content (AvgIpc) is 2.72. The highest BCUT2D eigenvalue weighted by Gasteiger charge is 2.25. The van der Waals surface area contributed by atoms with Crippen molar-refractivity contribution in [3.05, 3.63) is 41.5 Å². The second-order valence-electron chi connectivity index (χ2n) is 4.40. The predicted molar refractivity (Wildman–Crippen MR) is 76.7 cm³/mol. The molecule has 0 N–H and O–H groups in total. The second-order valence-corrected chi connectivity index (χ2v) is 4.40. The summed E-state index contributed by atoms with van der Waals surface area (Å²) in [4.78, 5) is 23.6. The third-order valence-corrected chi connectivity index (χ3v) is 3.26. The van der Waals surface area contributed by atoms with Crippen molar-refractivity contribution in [2.24, 2.45) is 0 Å². The van der Waals surface area contributed by atoms with Crippen LogP contribution in [-0.2, 0) is 20.7 Å². The molecule has 5 heteroatoms. The molecular formula is C16H16O5. The summed E-state index contributed by atoms with van der Waals surface area (Å²) < 4.78 is 14.8. The molecule has 110 valence electrons. The van der Waals surface area contributed by atoms with Crippen molar-refractivity contribution < 1.29 is 23.8 Å². The number of carbonyl (C=O) groups is 2. The zero-order valence-corrected chi connectivity index (χ0v) is 12.1. The van der Waals surface area contributed by atoms with E-state index in [1.54, 1.807) is 31.4 Å². The highest BCUT2D eigenvalue weighted by atomic mass is 16.5. The van der Waals surface area contributed by atoms with Gasteiger partial charge in [-0.15, -0.1) is 0 Å². The van der Waals surface area contributed by atoms with Gasteiger partial charge in [0.25, 0.3) is 0 Å². The number of hydrogen-bond donors (Lipinski definition) is 0. The minimum absolute atomic E-state index is 0.00246. The first kappa shape index (κ1) is 14.8. The van der Waals surface area contributed by atoms with Crippen molar-refractivity contribution in [3.8, 4) is 16.9 Å². The van der Waals surface area contributed by atoms with Gasteiger partial charge >= 0.3 is 11.9 Å². The smallest absolute Gasteiger partial charge is 0.338 e. The van der Waals surface area contributed by atoms with Gasteiger partial charge in [-0.25, -0.2) is 4.79 Å². The summed E-state index contributed by atoms with van der Waals surface area (Å²) in [7, 11) is 4.17. The van der Waals surface area contributed by atoms with Gasteiger partial charge in [0.05, 0.1) is 33.3 Å². The number of rotatable bonds is 4. The molecule has 0 radical (unpaired) electrons. The molecule has 0 bridgehead atoms. The molecule has 0 atom stereocenters. The van der Waals surface area contributed by atoms with Crippen molar-refractivity contribution in [3.63, 3.8) is 0 Å². The number of methoxy groups -OCH3 is 3. The van der Waals surface area contributed by atoms with E-state index in [9.17, 15) is 9.59 Å². The van der Waals surface area contributed by atoms with Crippen molar-refractivity contribution in [2.75, 3.05) is 21.3 Å². The van der Waals surface area contributed by atoms with Crippen LogP contribution in [0.25, 0.3) is 11.1 Å². The van der Waals surface area contributed by atoms with Crippen molar-refractivity contribution in [1.29, 1.82) is 0 Å². The molecule has 0 unspecified atom stereocenters. The molecule has 0 spiro atoms. The third-order valence-electron chi connectivity index (χ3n) is 3.26. The number of hydrogen-bond acceptors (Lipinski definition) is 5. The number of esters is 2. The van der Waals surface area contributed by atoms with E-state index in [2.05, 4.69) is 4.74 Å². The first-order valence-corrected chi connectivity index (χ1v) is 6.36. The topological polar surface area (TPSA) is 61.8 Å². The van der Waals surface area contributed by atoms with Crippen LogP contribution >= 0.6 is 0 Å². The molecule has 0 heterocycles. The van der Waals surface area contributed by atoms with Gasteiger partial charge in [0.1, 0.15) is 5.75 Å². The summed E-state index contributed by atoms with van der Waals surface area (Å²) in [5.74, 6) is -0.285. The third kappa shape index (κ3) is 2.81. The summed E-state index contributed by atoms with van der Waals surface area (Å²) >= 11 is 0. The van der Waals surface area contributed by atoms with Crippen LogP contribution in [0.5, 0.6) is 5.75 Å². The first-order chi connectivity index (χ1) is 10.1. The molecule has 0 saturated carbocycles. The van der Waals surface area contributed by atoms with E-state index in [4.69, 9.17) is 9.47 Å². The van der Waals surface area contributed by atoms with E-state index in [0.29, 0.717) is 22.4 Å². The lowest BCUT2D eigenvalue weighted by atomic mass is 10.1. The Balaban J connectivity index is 2.67. The van der Waals surface area contributed by atoms with E-state index < -0.39 is 11.9 Å².